The minimum atomic E-state index is 0. The summed E-state index contributed by atoms with van der Waals surface area (Å²) in [6, 6.07) is 69.8. The van der Waals surface area contributed by atoms with Crippen molar-refractivity contribution in [1.29, 1.82) is 0 Å². The van der Waals surface area contributed by atoms with E-state index in [0.29, 0.717) is 0 Å². The summed E-state index contributed by atoms with van der Waals surface area (Å²) in [5.74, 6) is 0. The Hall–Kier alpha value is -6.58. The smallest absolute Gasteiger partial charge is 0.167 e. The number of aryl methyl sites for hydroxylation is 3. The zero-order valence-corrected chi connectivity index (χ0v) is 35.6. The Morgan fingerprint density at radius 1 is 0.241 bits per heavy atom. The molecule has 3 heterocycles. The van der Waals surface area contributed by atoms with Gasteiger partial charge in [0, 0.05) is 54.6 Å². The fraction of sp³-hybridized carbons (Fsp3) is 0.0556. The maximum atomic E-state index is 2.18. The quantitative estimate of drug-likeness (QED) is 0.147. The second-order valence-electron chi connectivity index (χ2n) is 14.0. The molecular weight excluding hydrogens is 883 g/mol. The molecule has 58 heavy (non-hydrogen) atoms. The first-order valence-corrected chi connectivity index (χ1v) is 19.4. The number of pyridine rings is 3. The van der Waals surface area contributed by atoms with Crippen molar-refractivity contribution in [2.24, 2.45) is 0 Å². The molecule has 0 aliphatic rings. The van der Waals surface area contributed by atoms with Crippen molar-refractivity contribution in [1.82, 2.24) is 0 Å². The number of rotatable bonds is 6. The van der Waals surface area contributed by atoms with Crippen LogP contribution in [0.1, 0.15) is 16.7 Å². The van der Waals surface area contributed by atoms with Crippen molar-refractivity contribution in [3.05, 3.63) is 254 Å². The van der Waals surface area contributed by atoms with Gasteiger partial charge in [-0.3, -0.25) is 0 Å². The van der Waals surface area contributed by atoms with Gasteiger partial charge in [0.2, 0.25) is 17.1 Å². The van der Waals surface area contributed by atoms with Crippen molar-refractivity contribution in [3.8, 4) is 50.4 Å². The summed E-state index contributed by atoms with van der Waals surface area (Å²) < 4.78 is 6.44. The van der Waals surface area contributed by atoms with E-state index in [2.05, 4.69) is 217 Å². The zero-order chi connectivity index (χ0) is 39.2. The van der Waals surface area contributed by atoms with Crippen LogP contribution < -0.4 is 13.7 Å². The van der Waals surface area contributed by atoms with E-state index in [1.807, 2.05) is 54.6 Å². The predicted octanol–water partition coefficient (Wildman–Crippen LogP) is 11.8. The first-order valence-electron chi connectivity index (χ1n) is 19.4. The molecule has 0 saturated heterocycles. The number of para-hydroxylation sites is 3. The van der Waals surface area contributed by atoms with Crippen LogP contribution in [-0.2, 0) is 20.1 Å². The summed E-state index contributed by atoms with van der Waals surface area (Å²) >= 11 is 0. The fourth-order valence-corrected chi connectivity index (χ4v) is 6.71. The van der Waals surface area contributed by atoms with Gasteiger partial charge in [-0.05, 0) is 55.7 Å². The molecule has 0 atom stereocenters. The normalized spacial score (nSPS) is 10.2. The van der Waals surface area contributed by atoms with Gasteiger partial charge < -0.3 is 0 Å². The largest absolute Gasteiger partial charge is 3.00 e. The standard InChI is InChI=1S/3C18H16N.Ir/c3*1-15-9-11-16(12-10-15)17-7-3-4-8-18(17)19-13-5-2-6-14-19;/h3*2-14H,1H3;/q3*+1;+3. The Morgan fingerprint density at radius 3 is 0.707 bits per heavy atom. The predicted molar refractivity (Wildman–Crippen MR) is 234 cm³/mol. The van der Waals surface area contributed by atoms with E-state index in [4.69, 9.17) is 0 Å². The molecule has 3 nitrogen and oxygen atoms in total. The van der Waals surface area contributed by atoms with Crippen molar-refractivity contribution in [3.63, 3.8) is 0 Å². The minimum Gasteiger partial charge on any atom is -0.167 e. The van der Waals surface area contributed by atoms with E-state index in [1.165, 1.54) is 67.1 Å². The van der Waals surface area contributed by atoms with Crippen LogP contribution in [0.4, 0.5) is 0 Å². The Balaban J connectivity index is 0.000000145. The number of benzene rings is 6. The third kappa shape index (κ3) is 10.6. The van der Waals surface area contributed by atoms with Gasteiger partial charge in [-0.1, -0.05) is 144 Å². The van der Waals surface area contributed by atoms with Gasteiger partial charge in [0.1, 0.15) is 0 Å². The molecule has 0 aliphatic carbocycles. The second kappa shape index (κ2) is 20.5. The van der Waals surface area contributed by atoms with Gasteiger partial charge in [0.15, 0.2) is 37.2 Å². The molecule has 9 rings (SSSR count). The SMILES string of the molecule is Cc1ccc(-c2ccccc2-[n+]2ccccc2)cc1.Cc1ccc(-c2ccccc2-[n+]2ccccc2)cc1.Cc1ccc(-c2ccccc2-[n+]2ccccc2)cc1.[Ir+3]. The number of nitrogens with zero attached hydrogens (tertiary/aromatic N) is 3. The Labute approximate surface area is 357 Å². The van der Waals surface area contributed by atoms with Crippen molar-refractivity contribution in [2.75, 3.05) is 0 Å². The summed E-state index contributed by atoms with van der Waals surface area (Å²) in [4.78, 5) is 0. The number of hydrogen-bond donors (Lipinski definition) is 0. The molecule has 0 fully saturated rings. The third-order valence-corrected chi connectivity index (χ3v) is 9.78. The van der Waals surface area contributed by atoms with Crippen LogP contribution in [0, 0.1) is 20.8 Å². The molecule has 3 aromatic heterocycles. The molecule has 4 heteroatoms. The van der Waals surface area contributed by atoms with Gasteiger partial charge in [0.05, 0.1) is 16.7 Å². The molecule has 0 amide bonds. The fourth-order valence-electron chi connectivity index (χ4n) is 6.71. The molecule has 0 bridgehead atoms. The van der Waals surface area contributed by atoms with Crippen molar-refractivity contribution < 1.29 is 33.8 Å². The summed E-state index contributed by atoms with van der Waals surface area (Å²) in [6.45, 7) is 6.34. The van der Waals surface area contributed by atoms with Crippen molar-refractivity contribution in [2.45, 2.75) is 20.8 Å². The molecule has 0 unspecified atom stereocenters. The van der Waals surface area contributed by atoms with Crippen LogP contribution in [0.3, 0.4) is 0 Å². The maximum absolute atomic E-state index is 2.18. The van der Waals surface area contributed by atoms with E-state index in [0.717, 1.165) is 0 Å². The van der Waals surface area contributed by atoms with Gasteiger partial charge in [0.25, 0.3) is 0 Å². The van der Waals surface area contributed by atoms with E-state index in [-0.39, 0.29) is 20.1 Å². The Bertz CT molecular complexity index is 2310. The van der Waals surface area contributed by atoms with Crippen LogP contribution in [0.25, 0.3) is 50.4 Å². The molecule has 6 aromatic carbocycles. The average molecular weight is 931 g/mol. The molecule has 0 N–H and O–H groups in total. The van der Waals surface area contributed by atoms with Crippen LogP contribution >= 0.6 is 0 Å². The van der Waals surface area contributed by atoms with Gasteiger partial charge >= 0.3 is 20.1 Å². The topological polar surface area (TPSA) is 11.6 Å². The van der Waals surface area contributed by atoms with Crippen LogP contribution in [0.15, 0.2) is 237 Å². The van der Waals surface area contributed by atoms with Crippen LogP contribution in [0.5, 0.6) is 0 Å². The molecule has 0 aliphatic heterocycles. The van der Waals surface area contributed by atoms with Crippen LogP contribution in [-0.4, -0.2) is 0 Å². The number of aromatic nitrogens is 3. The summed E-state index contributed by atoms with van der Waals surface area (Å²) in [5.41, 5.74) is 14.9. The summed E-state index contributed by atoms with van der Waals surface area (Å²) in [6.07, 6.45) is 12.5. The maximum Gasteiger partial charge on any atom is 3.00 e. The van der Waals surface area contributed by atoms with E-state index >= 15 is 0 Å². The Kier molecular flexibility index (Phi) is 14.5. The molecule has 0 radical (unpaired) electrons. The van der Waals surface area contributed by atoms with E-state index in [9.17, 15) is 0 Å². The van der Waals surface area contributed by atoms with E-state index in [1.54, 1.807) is 0 Å². The molecule has 0 saturated carbocycles. The summed E-state index contributed by atoms with van der Waals surface area (Å²) in [5, 5.41) is 0. The average Bonchev–Trinajstić information content (AvgIpc) is 3.29. The first-order chi connectivity index (χ1) is 28.0. The molecule has 282 valence electrons. The molecule has 0 spiro atoms. The minimum absolute atomic E-state index is 0. The van der Waals surface area contributed by atoms with Gasteiger partial charge in [-0.25, -0.2) is 0 Å². The van der Waals surface area contributed by atoms with Gasteiger partial charge in [-0.15, -0.1) is 0 Å². The zero-order valence-electron chi connectivity index (χ0n) is 33.2. The summed E-state index contributed by atoms with van der Waals surface area (Å²) in [7, 11) is 0. The first kappa shape index (κ1) is 41.1. The van der Waals surface area contributed by atoms with Crippen LogP contribution in [0.2, 0.25) is 0 Å². The number of hydrogen-bond acceptors (Lipinski definition) is 0. The van der Waals surface area contributed by atoms with E-state index < -0.39 is 0 Å². The van der Waals surface area contributed by atoms with Crippen molar-refractivity contribution >= 4 is 0 Å². The molecule has 9 aromatic rings. The second-order valence-corrected chi connectivity index (χ2v) is 14.0. The molecular formula is C54H48IrN3+6. The Morgan fingerprint density at radius 2 is 0.466 bits per heavy atom. The monoisotopic (exact) mass is 931 g/mol. The third-order valence-electron chi connectivity index (χ3n) is 9.78. The van der Waals surface area contributed by atoms with Gasteiger partial charge in [-0.2, -0.15) is 13.7 Å².